The van der Waals surface area contributed by atoms with Crippen molar-refractivity contribution >= 4 is 17.3 Å². The van der Waals surface area contributed by atoms with Crippen molar-refractivity contribution in [2.45, 2.75) is 25.7 Å². The fourth-order valence-electron chi connectivity index (χ4n) is 4.41. The monoisotopic (exact) mass is 388 g/mol. The van der Waals surface area contributed by atoms with Crippen LogP contribution in [0.5, 0.6) is 0 Å². The van der Waals surface area contributed by atoms with E-state index in [1.165, 1.54) is 6.42 Å². The molecule has 0 atom stereocenters. The average Bonchev–Trinajstić information content (AvgIpc) is 3.20. The van der Waals surface area contributed by atoms with Crippen LogP contribution in [0.4, 0.5) is 0 Å². The Labute approximate surface area is 169 Å². The van der Waals surface area contributed by atoms with Crippen LogP contribution in [-0.4, -0.2) is 57.9 Å². The van der Waals surface area contributed by atoms with Crippen LogP contribution in [0.3, 0.4) is 0 Å². The fraction of sp³-hybridized carbons (Fsp3) is 0.348. The van der Waals surface area contributed by atoms with E-state index in [4.69, 9.17) is 0 Å². The van der Waals surface area contributed by atoms with Gasteiger partial charge >= 0.3 is 0 Å². The van der Waals surface area contributed by atoms with Gasteiger partial charge in [0.1, 0.15) is 0 Å². The van der Waals surface area contributed by atoms with E-state index in [1.807, 2.05) is 52.9 Å². The van der Waals surface area contributed by atoms with E-state index in [1.54, 1.807) is 11.1 Å². The molecular formula is C23H24N4O2. The van der Waals surface area contributed by atoms with Crippen molar-refractivity contribution in [1.82, 2.24) is 19.4 Å². The minimum Gasteiger partial charge on any atom is -0.341 e. The van der Waals surface area contributed by atoms with E-state index in [0.29, 0.717) is 5.56 Å². The number of likely N-dealkylation sites (N-methyl/N-ethyl adjacent to an activating group) is 1. The molecule has 2 aliphatic rings. The Balaban J connectivity index is 1.56. The zero-order valence-electron chi connectivity index (χ0n) is 16.6. The van der Waals surface area contributed by atoms with Crippen molar-refractivity contribution in [3.05, 3.63) is 59.3 Å². The Morgan fingerprint density at radius 2 is 1.86 bits per heavy atom. The van der Waals surface area contributed by atoms with Crippen LogP contribution in [-0.2, 0) is 6.42 Å². The lowest BCUT2D eigenvalue weighted by molar-refractivity contribution is 0.0725. The molecule has 6 nitrogen and oxygen atoms in total. The SMILES string of the molecule is CN1CCc2ccc(-c3cccc4c(C(=O)N5CCCCC5)cnn34)cc2C1=O. The molecule has 6 heteroatoms. The smallest absolute Gasteiger partial charge is 0.257 e. The summed E-state index contributed by atoms with van der Waals surface area (Å²) in [4.78, 5) is 29.3. The summed E-state index contributed by atoms with van der Waals surface area (Å²) in [6.45, 7) is 2.38. The lowest BCUT2D eigenvalue weighted by Crippen LogP contribution is -2.35. The molecule has 2 amide bonds. The van der Waals surface area contributed by atoms with Crippen molar-refractivity contribution in [2.75, 3.05) is 26.7 Å². The zero-order chi connectivity index (χ0) is 20.0. The Hall–Kier alpha value is -3.15. The Bertz CT molecular complexity index is 1110. The lowest BCUT2D eigenvalue weighted by Gasteiger charge is -2.26. The van der Waals surface area contributed by atoms with Crippen LogP contribution < -0.4 is 0 Å². The molecule has 0 bridgehead atoms. The first kappa shape index (κ1) is 17.9. The summed E-state index contributed by atoms with van der Waals surface area (Å²) in [5, 5.41) is 4.53. The first-order chi connectivity index (χ1) is 14.1. The average molecular weight is 388 g/mol. The quantitative estimate of drug-likeness (QED) is 0.677. The molecule has 1 aromatic carbocycles. The first-order valence-electron chi connectivity index (χ1n) is 10.3. The van der Waals surface area contributed by atoms with Gasteiger partial charge in [-0.1, -0.05) is 18.2 Å². The molecule has 2 aliphatic heterocycles. The number of carbonyl (C=O) groups is 2. The van der Waals surface area contributed by atoms with Crippen molar-refractivity contribution in [2.24, 2.45) is 0 Å². The standard InChI is InChI=1S/C23H24N4O2/c1-25-13-10-16-8-9-17(14-18(16)22(25)28)20-6-5-7-21-19(15-24-27(20)21)23(29)26-11-3-2-4-12-26/h5-9,14-15H,2-4,10-13H2,1H3. The van der Waals surface area contributed by atoms with Gasteiger partial charge in [-0.05, 0) is 49.4 Å². The van der Waals surface area contributed by atoms with Crippen molar-refractivity contribution in [3.63, 3.8) is 0 Å². The summed E-state index contributed by atoms with van der Waals surface area (Å²) in [6.07, 6.45) is 5.86. The molecule has 0 spiro atoms. The first-order valence-corrected chi connectivity index (χ1v) is 10.3. The maximum Gasteiger partial charge on any atom is 0.257 e. The molecule has 5 rings (SSSR count). The predicted octanol–water partition coefficient (Wildman–Crippen LogP) is 3.26. The van der Waals surface area contributed by atoms with Gasteiger partial charge in [0.05, 0.1) is 23.0 Å². The van der Waals surface area contributed by atoms with E-state index in [9.17, 15) is 9.59 Å². The van der Waals surface area contributed by atoms with E-state index in [0.717, 1.165) is 66.8 Å². The van der Waals surface area contributed by atoms with Gasteiger partial charge in [0.15, 0.2) is 0 Å². The van der Waals surface area contributed by atoms with Gasteiger partial charge in [-0.2, -0.15) is 5.10 Å². The van der Waals surface area contributed by atoms with Gasteiger partial charge in [0.2, 0.25) is 0 Å². The number of rotatable bonds is 2. The Kier molecular flexibility index (Phi) is 4.34. The number of benzene rings is 1. The van der Waals surface area contributed by atoms with Gasteiger partial charge in [-0.3, -0.25) is 9.59 Å². The minimum atomic E-state index is 0.0547. The van der Waals surface area contributed by atoms with Crippen molar-refractivity contribution in [1.29, 1.82) is 0 Å². The number of amides is 2. The second-order valence-corrected chi connectivity index (χ2v) is 7.97. The maximum atomic E-state index is 13.0. The number of carbonyl (C=O) groups excluding carboxylic acids is 2. The number of nitrogens with zero attached hydrogens (tertiary/aromatic N) is 4. The van der Waals surface area contributed by atoms with E-state index < -0.39 is 0 Å². The number of fused-ring (bicyclic) bond motifs is 2. The molecular weight excluding hydrogens is 364 g/mol. The molecule has 148 valence electrons. The topological polar surface area (TPSA) is 57.9 Å². The number of pyridine rings is 1. The summed E-state index contributed by atoms with van der Waals surface area (Å²) >= 11 is 0. The predicted molar refractivity (Wildman–Crippen MR) is 111 cm³/mol. The molecule has 1 saturated heterocycles. The number of likely N-dealkylation sites (tertiary alicyclic amines) is 1. The fourth-order valence-corrected chi connectivity index (χ4v) is 4.41. The second-order valence-electron chi connectivity index (χ2n) is 7.97. The largest absolute Gasteiger partial charge is 0.341 e. The summed E-state index contributed by atoms with van der Waals surface area (Å²) < 4.78 is 1.82. The van der Waals surface area contributed by atoms with Crippen LogP contribution in [0.25, 0.3) is 16.8 Å². The number of hydrogen-bond acceptors (Lipinski definition) is 3. The van der Waals surface area contributed by atoms with Gasteiger partial charge in [-0.25, -0.2) is 4.52 Å². The van der Waals surface area contributed by atoms with E-state index in [2.05, 4.69) is 5.10 Å². The number of aromatic nitrogens is 2. The van der Waals surface area contributed by atoms with E-state index in [-0.39, 0.29) is 11.8 Å². The molecule has 0 saturated carbocycles. The van der Waals surface area contributed by atoms with Crippen LogP contribution in [0.15, 0.2) is 42.6 Å². The third kappa shape index (κ3) is 2.99. The van der Waals surface area contributed by atoms with E-state index >= 15 is 0 Å². The van der Waals surface area contributed by atoms with Crippen molar-refractivity contribution in [3.8, 4) is 11.3 Å². The molecule has 29 heavy (non-hydrogen) atoms. The highest BCUT2D eigenvalue weighted by Crippen LogP contribution is 2.28. The number of piperidine rings is 1. The maximum absolute atomic E-state index is 13.0. The van der Waals surface area contributed by atoms with Gasteiger partial charge in [0, 0.05) is 37.8 Å². The van der Waals surface area contributed by atoms with Crippen LogP contribution in [0, 0.1) is 0 Å². The summed E-state index contributed by atoms with van der Waals surface area (Å²) in [6, 6.07) is 11.9. The molecule has 0 N–H and O–H groups in total. The molecule has 0 aliphatic carbocycles. The Morgan fingerprint density at radius 3 is 2.69 bits per heavy atom. The Morgan fingerprint density at radius 1 is 1.03 bits per heavy atom. The molecule has 3 aromatic rings. The highest BCUT2D eigenvalue weighted by atomic mass is 16.2. The molecule has 1 fully saturated rings. The normalized spacial score (nSPS) is 16.9. The van der Waals surface area contributed by atoms with Crippen LogP contribution in [0.2, 0.25) is 0 Å². The molecule has 0 radical (unpaired) electrons. The third-order valence-corrected chi connectivity index (χ3v) is 6.12. The lowest BCUT2D eigenvalue weighted by atomic mass is 9.96. The zero-order valence-corrected chi connectivity index (χ0v) is 16.6. The summed E-state index contributed by atoms with van der Waals surface area (Å²) in [7, 11) is 1.84. The molecule has 0 unspecified atom stereocenters. The molecule has 4 heterocycles. The highest BCUT2D eigenvalue weighted by molar-refractivity contribution is 6.01. The van der Waals surface area contributed by atoms with Crippen LogP contribution in [0.1, 0.15) is 45.5 Å². The summed E-state index contributed by atoms with van der Waals surface area (Å²) in [5.41, 5.74) is 5.10. The minimum absolute atomic E-state index is 0.0547. The molecule has 2 aromatic heterocycles. The highest BCUT2D eigenvalue weighted by Gasteiger charge is 2.24. The van der Waals surface area contributed by atoms with Gasteiger partial charge in [0.25, 0.3) is 11.8 Å². The second kappa shape index (κ2) is 7.03. The number of hydrogen-bond donors (Lipinski definition) is 0. The van der Waals surface area contributed by atoms with Gasteiger partial charge in [-0.15, -0.1) is 0 Å². The van der Waals surface area contributed by atoms with Crippen LogP contribution >= 0.6 is 0 Å². The van der Waals surface area contributed by atoms with Gasteiger partial charge < -0.3 is 9.80 Å². The van der Waals surface area contributed by atoms with Crippen molar-refractivity contribution < 1.29 is 9.59 Å². The summed E-state index contributed by atoms with van der Waals surface area (Å²) in [5.74, 6) is 0.112. The third-order valence-electron chi connectivity index (χ3n) is 6.12.